The number of thioether (sulfide) groups is 1. The third-order valence-corrected chi connectivity index (χ3v) is 5.14. The lowest BCUT2D eigenvalue weighted by Crippen LogP contribution is -2.34. The first-order valence-electron chi connectivity index (χ1n) is 13.9. The summed E-state index contributed by atoms with van der Waals surface area (Å²) in [5.41, 5.74) is 44.4. The number of carbonyl (C=O) groups is 8. The molecule has 6 atom stereocenters. The Morgan fingerprint density at radius 2 is 0.776 bits per heavy atom. The third-order valence-electron chi connectivity index (χ3n) is 4.49. The zero-order valence-corrected chi connectivity index (χ0v) is 28.5. The monoisotopic (exact) mass is 737 g/mol. The topological polar surface area (TPSA) is 492 Å². The van der Waals surface area contributed by atoms with Crippen LogP contribution in [0, 0.1) is 0 Å². The van der Waals surface area contributed by atoms with Gasteiger partial charge in [-0.25, -0.2) is 0 Å². The first-order valence-corrected chi connectivity index (χ1v) is 15.3. The number of carboxylic acid groups (broad SMARTS) is 6. The lowest BCUT2D eigenvalue weighted by atomic mass is 10.1. The fraction of sp³-hybridized carbons (Fsp3) is 0.680. The number of nitrogens with two attached hydrogens (primary N) is 9. The van der Waals surface area contributed by atoms with Crippen LogP contribution in [-0.4, -0.2) is 133 Å². The molecule has 0 saturated carbocycles. The molecule has 49 heavy (non-hydrogen) atoms. The zero-order valence-electron chi connectivity index (χ0n) is 27.7. The Bertz CT molecular complexity index is 926. The van der Waals surface area contributed by atoms with Crippen LogP contribution in [0.4, 0.5) is 0 Å². The number of aliphatic carboxylic acids is 6. The van der Waals surface area contributed by atoms with Crippen molar-refractivity contribution in [3.05, 3.63) is 0 Å². The molecule has 0 radical (unpaired) electrons. The van der Waals surface area contributed by atoms with E-state index in [0.29, 0.717) is 19.4 Å². The second-order valence-electron chi connectivity index (χ2n) is 9.44. The number of carbonyl (C=O) groups excluding carboxylic acids is 2. The van der Waals surface area contributed by atoms with Gasteiger partial charge in [-0.05, 0) is 51.7 Å². The number of amides is 2. The quantitative estimate of drug-likeness (QED) is 0.0622. The molecule has 0 rings (SSSR count). The molecule has 0 bridgehead atoms. The Balaban J connectivity index is -0.000000114. The molecule has 0 aliphatic rings. The van der Waals surface area contributed by atoms with Crippen molar-refractivity contribution >= 4 is 59.4 Å². The van der Waals surface area contributed by atoms with E-state index in [-0.39, 0.29) is 12.8 Å². The smallest absolute Gasteiger partial charge is 0.321 e. The molecule has 24 heteroatoms. The van der Waals surface area contributed by atoms with Gasteiger partial charge in [-0.15, -0.1) is 0 Å². The molecular weight excluding hydrogens is 682 g/mol. The van der Waals surface area contributed by atoms with Gasteiger partial charge >= 0.3 is 35.8 Å². The molecule has 0 spiro atoms. The molecule has 0 aromatic carbocycles. The van der Waals surface area contributed by atoms with Crippen molar-refractivity contribution < 1.29 is 69.0 Å². The minimum absolute atomic E-state index is 0.310. The predicted octanol–water partition coefficient (Wildman–Crippen LogP) is -4.94. The van der Waals surface area contributed by atoms with Gasteiger partial charge in [0.15, 0.2) is 0 Å². The molecule has 0 unspecified atom stereocenters. The van der Waals surface area contributed by atoms with Gasteiger partial charge < -0.3 is 82.2 Å². The van der Waals surface area contributed by atoms with Crippen LogP contribution in [0.1, 0.15) is 52.4 Å². The van der Waals surface area contributed by atoms with Gasteiger partial charge in [-0.2, -0.15) is 11.8 Å². The molecule has 2 amide bonds. The summed E-state index contributed by atoms with van der Waals surface area (Å²) in [5, 5.41) is 48.5. The SMILES string of the molecule is CSCC[C@H](N)C(=O)O.C[C@H](N)C(=O)O.C[C@H](N)C(=O)O.NC(=O)C[C@H](N)C(=O)O.NC(=O)C[C@H](N)C(=O)O.NCCCC[C@H](N)C(=O)O. The number of primary amides is 2. The molecule has 0 aliphatic carbocycles. The summed E-state index contributed by atoms with van der Waals surface area (Å²) < 4.78 is 0. The lowest BCUT2D eigenvalue weighted by molar-refractivity contribution is -0.140. The van der Waals surface area contributed by atoms with Crippen molar-refractivity contribution in [3.8, 4) is 0 Å². The van der Waals surface area contributed by atoms with Crippen LogP contribution in [0.25, 0.3) is 0 Å². The number of hydrogen-bond acceptors (Lipinski definition) is 16. The van der Waals surface area contributed by atoms with Crippen LogP contribution in [0.15, 0.2) is 0 Å². The van der Waals surface area contributed by atoms with E-state index >= 15 is 0 Å². The molecule has 0 heterocycles. The fourth-order valence-corrected chi connectivity index (χ4v) is 2.10. The van der Waals surface area contributed by atoms with Crippen LogP contribution in [0.5, 0.6) is 0 Å². The van der Waals surface area contributed by atoms with Crippen LogP contribution in [-0.2, 0) is 38.4 Å². The minimum Gasteiger partial charge on any atom is -0.480 e. The van der Waals surface area contributed by atoms with Crippen LogP contribution in [0.2, 0.25) is 0 Å². The first-order chi connectivity index (χ1) is 22.2. The Morgan fingerprint density at radius 1 is 0.510 bits per heavy atom. The van der Waals surface area contributed by atoms with Crippen molar-refractivity contribution in [1.82, 2.24) is 0 Å². The molecule has 23 nitrogen and oxygen atoms in total. The standard InChI is InChI=1S/C6H14N2O2.C5H11NO2S.2C4H8N2O3.2C3H7NO2/c7-4-2-1-3-5(8)6(9)10;1-9-3-2-4(6)5(7)8;2*5-2(4(8)9)1-3(6)7;2*1-2(4)3(5)6/h5H,1-4,7-8H2,(H,9,10);4H,2-3,6H2,1H3,(H,7,8);2*2H,1,5H2,(H2,6,7)(H,8,9);2*2H,4H2,1H3,(H,5,6)/t5-;4-;4*2-/m000000/s1. The first kappa shape index (κ1) is 57.1. The molecule has 0 aromatic heterocycles. The van der Waals surface area contributed by atoms with Crippen LogP contribution in [0.3, 0.4) is 0 Å². The summed E-state index contributed by atoms with van der Waals surface area (Å²) >= 11 is 1.60. The number of rotatable bonds is 17. The van der Waals surface area contributed by atoms with Gasteiger partial charge in [-0.1, -0.05) is 6.42 Å². The molecule has 0 saturated heterocycles. The summed E-state index contributed by atoms with van der Waals surface area (Å²) in [5.74, 6) is -6.79. The maximum absolute atomic E-state index is 10.1. The van der Waals surface area contributed by atoms with E-state index in [1.807, 2.05) is 6.26 Å². The van der Waals surface area contributed by atoms with Crippen LogP contribution >= 0.6 is 11.8 Å². The van der Waals surface area contributed by atoms with Gasteiger partial charge in [0, 0.05) is 0 Å². The maximum Gasteiger partial charge on any atom is 0.321 e. The van der Waals surface area contributed by atoms with Gasteiger partial charge in [0.1, 0.15) is 36.3 Å². The highest BCUT2D eigenvalue weighted by atomic mass is 32.2. The van der Waals surface area contributed by atoms with Crippen LogP contribution < -0.4 is 51.6 Å². The molecule has 0 aromatic rings. The highest BCUT2D eigenvalue weighted by Gasteiger charge is 2.14. The molecular formula is C25H55N9O14S. The van der Waals surface area contributed by atoms with Gasteiger partial charge in [-0.3, -0.25) is 38.4 Å². The highest BCUT2D eigenvalue weighted by molar-refractivity contribution is 7.98. The summed E-state index contributed by atoms with van der Waals surface area (Å²) in [6.45, 7) is 3.44. The Morgan fingerprint density at radius 3 is 0.939 bits per heavy atom. The Kier molecular flexibility index (Phi) is 42.7. The number of hydrogen-bond donors (Lipinski definition) is 15. The normalized spacial score (nSPS) is 13.0. The molecule has 0 fully saturated rings. The van der Waals surface area contributed by atoms with Gasteiger partial charge in [0.2, 0.25) is 11.8 Å². The van der Waals surface area contributed by atoms with E-state index in [1.54, 1.807) is 11.8 Å². The average Bonchev–Trinajstić information content (AvgIpc) is 2.96. The summed E-state index contributed by atoms with van der Waals surface area (Å²) in [6, 6.07) is -5.19. The summed E-state index contributed by atoms with van der Waals surface area (Å²) in [4.78, 5) is 79.1. The van der Waals surface area contributed by atoms with E-state index in [9.17, 15) is 38.4 Å². The molecule has 0 aliphatic heterocycles. The van der Waals surface area contributed by atoms with E-state index in [2.05, 4.69) is 11.5 Å². The molecule has 290 valence electrons. The second-order valence-corrected chi connectivity index (χ2v) is 10.4. The summed E-state index contributed by atoms with van der Waals surface area (Å²) in [6.07, 6.45) is 4.02. The van der Waals surface area contributed by atoms with Crippen molar-refractivity contribution in [1.29, 1.82) is 0 Å². The predicted molar refractivity (Wildman–Crippen MR) is 179 cm³/mol. The fourth-order valence-electron chi connectivity index (χ4n) is 1.61. The Labute approximate surface area is 287 Å². The van der Waals surface area contributed by atoms with E-state index in [0.717, 1.165) is 18.6 Å². The van der Waals surface area contributed by atoms with Crippen molar-refractivity contribution in [2.45, 2.75) is 88.6 Å². The van der Waals surface area contributed by atoms with E-state index in [1.165, 1.54) is 13.8 Å². The van der Waals surface area contributed by atoms with Crippen molar-refractivity contribution in [2.24, 2.45) is 51.6 Å². The van der Waals surface area contributed by atoms with Crippen molar-refractivity contribution in [2.75, 3.05) is 18.6 Å². The minimum atomic E-state index is -1.21. The second kappa shape index (κ2) is 36.7. The summed E-state index contributed by atoms with van der Waals surface area (Å²) in [7, 11) is 0. The number of carboxylic acids is 6. The van der Waals surface area contributed by atoms with Crippen molar-refractivity contribution in [3.63, 3.8) is 0 Å². The van der Waals surface area contributed by atoms with Gasteiger partial charge in [0.25, 0.3) is 0 Å². The lowest BCUT2D eigenvalue weighted by Gasteiger charge is -2.03. The maximum atomic E-state index is 10.1. The largest absolute Gasteiger partial charge is 0.480 e. The third kappa shape index (κ3) is 56.5. The van der Waals surface area contributed by atoms with E-state index in [4.69, 9.17) is 70.8 Å². The zero-order chi connectivity index (χ0) is 40.4. The highest BCUT2D eigenvalue weighted by Crippen LogP contribution is 1.98. The van der Waals surface area contributed by atoms with Gasteiger partial charge in [0.05, 0.1) is 12.8 Å². The number of unbranched alkanes of at least 4 members (excludes halogenated alkanes) is 1. The molecule has 24 N–H and O–H groups in total. The van der Waals surface area contributed by atoms with E-state index < -0.39 is 83.9 Å². The Hall–Kier alpha value is -4.17. The average molecular weight is 738 g/mol.